The summed E-state index contributed by atoms with van der Waals surface area (Å²) >= 11 is 0. The summed E-state index contributed by atoms with van der Waals surface area (Å²) in [5.41, 5.74) is 0. The van der Waals surface area contributed by atoms with Crippen LogP contribution in [0.1, 0.15) is 265 Å². The van der Waals surface area contributed by atoms with Crippen molar-refractivity contribution in [2.75, 3.05) is 13.2 Å². The second-order valence-electron chi connectivity index (χ2n) is 19.5. The summed E-state index contributed by atoms with van der Waals surface area (Å²) in [6.45, 7) is 6.35. The minimum atomic E-state index is -0.818. The number of carbonyl (C=O) groups is 3. The summed E-state index contributed by atoms with van der Waals surface area (Å²) in [7, 11) is 0. The van der Waals surface area contributed by atoms with E-state index in [1.165, 1.54) is 116 Å². The van der Waals surface area contributed by atoms with Gasteiger partial charge in [-0.1, -0.05) is 271 Å². The van der Waals surface area contributed by atoms with Gasteiger partial charge < -0.3 is 14.2 Å². The van der Waals surface area contributed by atoms with Crippen LogP contribution in [0.4, 0.5) is 0 Å². The fourth-order valence-electron chi connectivity index (χ4n) is 8.05. The molecule has 0 aliphatic rings. The van der Waals surface area contributed by atoms with E-state index in [0.29, 0.717) is 19.3 Å². The van der Waals surface area contributed by atoms with E-state index in [0.717, 1.165) is 103 Å². The van der Waals surface area contributed by atoms with Crippen molar-refractivity contribution in [3.63, 3.8) is 0 Å². The second-order valence-corrected chi connectivity index (χ2v) is 19.5. The molecule has 0 radical (unpaired) electrons. The van der Waals surface area contributed by atoms with Crippen LogP contribution in [0.3, 0.4) is 0 Å². The lowest BCUT2D eigenvalue weighted by Gasteiger charge is -2.18. The van der Waals surface area contributed by atoms with E-state index in [-0.39, 0.29) is 31.6 Å². The molecule has 6 heteroatoms. The Bertz CT molecular complexity index is 1540. The maximum Gasteiger partial charge on any atom is 0.306 e. The summed E-state index contributed by atoms with van der Waals surface area (Å²) < 4.78 is 16.8. The standard InChI is InChI=1S/C67H110O6/c1-4-7-10-13-16-19-22-25-26-27-28-29-30-31-32-33-34-35-36-37-38-39-40-43-45-48-51-54-57-60-66(69)72-63-64(73-67(70)61-58-55-52-49-46-42-24-21-18-15-12-9-6-3)62-71-65(68)59-56-53-50-47-44-41-23-20-17-14-11-8-5-2/h7,9-10,12,16,18-19,21,25-26,28-29,31-32,34-35,42,46,52,55,64H,4-6,8,11,13-15,17,20,22-24,27,30,33,36-41,43-45,47-51,53-54,56-63H2,1-3H3/b10-7-,12-9-,19-16-,21-18-,26-25-,29-28-,32-31-,35-34-,46-42-,55-52-. The molecular weight excluding hydrogens is 901 g/mol. The molecule has 0 aliphatic heterocycles. The Morgan fingerprint density at radius 3 is 0.890 bits per heavy atom. The van der Waals surface area contributed by atoms with Crippen molar-refractivity contribution >= 4 is 17.9 Å². The van der Waals surface area contributed by atoms with Crippen molar-refractivity contribution in [2.45, 2.75) is 271 Å². The Morgan fingerprint density at radius 2 is 0.562 bits per heavy atom. The van der Waals surface area contributed by atoms with Crippen LogP contribution in [-0.4, -0.2) is 37.2 Å². The lowest BCUT2D eigenvalue weighted by atomic mass is 10.0. The maximum absolute atomic E-state index is 12.8. The molecule has 0 bridgehead atoms. The number of rotatable bonds is 53. The number of esters is 3. The molecule has 0 spiro atoms. The van der Waals surface area contributed by atoms with Crippen molar-refractivity contribution in [1.29, 1.82) is 0 Å². The highest BCUT2D eigenvalue weighted by molar-refractivity contribution is 5.71. The largest absolute Gasteiger partial charge is 0.462 e. The monoisotopic (exact) mass is 1010 g/mol. The summed E-state index contributed by atoms with van der Waals surface area (Å²) in [5.74, 6) is -0.993. The molecule has 0 aliphatic carbocycles. The van der Waals surface area contributed by atoms with E-state index in [2.05, 4.69) is 130 Å². The van der Waals surface area contributed by atoms with Gasteiger partial charge in [0.25, 0.3) is 0 Å². The fraction of sp³-hybridized carbons (Fsp3) is 0.657. The summed E-state index contributed by atoms with van der Waals surface area (Å²) in [5, 5.41) is 0. The number of unbranched alkanes of at least 4 members (excludes halogenated alkanes) is 22. The minimum absolute atomic E-state index is 0.107. The Hall–Kier alpha value is -4.19. The van der Waals surface area contributed by atoms with Gasteiger partial charge in [0.1, 0.15) is 13.2 Å². The highest BCUT2D eigenvalue weighted by atomic mass is 16.6. The molecule has 0 N–H and O–H groups in total. The van der Waals surface area contributed by atoms with Gasteiger partial charge in [-0.05, 0) is 96.3 Å². The normalized spacial score (nSPS) is 13.0. The van der Waals surface area contributed by atoms with E-state index >= 15 is 0 Å². The molecule has 0 aromatic carbocycles. The Balaban J connectivity index is 4.30. The quantitative estimate of drug-likeness (QED) is 0.0261. The SMILES string of the molecule is CC/C=C\C/C=C\C/C=C\C/C=C\C/C=C\C/C=C\CCCCCCCCCCCCC(=O)OCC(COC(=O)CCCCCCCCCCCCCCC)OC(=O)CC/C=C\C/C=C\C/C=C\C/C=C\CC. The maximum atomic E-state index is 12.8. The predicted octanol–water partition coefficient (Wildman–Crippen LogP) is 20.4. The summed E-state index contributed by atoms with van der Waals surface area (Å²) in [6.07, 6.45) is 83.6. The van der Waals surface area contributed by atoms with Gasteiger partial charge >= 0.3 is 17.9 Å². The molecule has 1 atom stereocenters. The van der Waals surface area contributed by atoms with Gasteiger partial charge in [-0.2, -0.15) is 0 Å². The average Bonchev–Trinajstić information content (AvgIpc) is 3.39. The zero-order valence-electron chi connectivity index (χ0n) is 47.4. The third kappa shape index (κ3) is 58.6. The molecule has 73 heavy (non-hydrogen) atoms. The van der Waals surface area contributed by atoms with E-state index in [1.54, 1.807) is 0 Å². The number of carbonyl (C=O) groups excluding carboxylic acids is 3. The third-order valence-electron chi connectivity index (χ3n) is 12.5. The third-order valence-corrected chi connectivity index (χ3v) is 12.5. The summed E-state index contributed by atoms with van der Waals surface area (Å²) in [4.78, 5) is 38.1. The van der Waals surface area contributed by atoms with Crippen LogP contribution in [-0.2, 0) is 28.6 Å². The molecule has 0 aromatic rings. The molecule has 0 saturated carbocycles. The first kappa shape index (κ1) is 68.8. The smallest absolute Gasteiger partial charge is 0.306 e. The van der Waals surface area contributed by atoms with E-state index < -0.39 is 12.1 Å². The topological polar surface area (TPSA) is 78.9 Å². The highest BCUT2D eigenvalue weighted by Gasteiger charge is 2.19. The number of allylic oxidation sites excluding steroid dienone is 20. The van der Waals surface area contributed by atoms with Crippen LogP contribution in [0, 0.1) is 0 Å². The van der Waals surface area contributed by atoms with Crippen LogP contribution in [0.15, 0.2) is 122 Å². The second kappa shape index (κ2) is 60.4. The summed E-state index contributed by atoms with van der Waals surface area (Å²) in [6, 6.07) is 0. The van der Waals surface area contributed by atoms with Crippen LogP contribution in [0.25, 0.3) is 0 Å². The lowest BCUT2D eigenvalue weighted by Crippen LogP contribution is -2.30. The van der Waals surface area contributed by atoms with Crippen LogP contribution in [0.5, 0.6) is 0 Å². The Morgan fingerprint density at radius 1 is 0.288 bits per heavy atom. The Kier molecular flexibility index (Phi) is 56.9. The highest BCUT2D eigenvalue weighted by Crippen LogP contribution is 2.15. The van der Waals surface area contributed by atoms with E-state index in [4.69, 9.17) is 14.2 Å². The molecule has 0 heterocycles. The van der Waals surface area contributed by atoms with Gasteiger partial charge in [0.15, 0.2) is 6.10 Å². The van der Waals surface area contributed by atoms with Gasteiger partial charge in [-0.15, -0.1) is 0 Å². The van der Waals surface area contributed by atoms with Crippen molar-refractivity contribution in [3.8, 4) is 0 Å². The number of hydrogen-bond acceptors (Lipinski definition) is 6. The van der Waals surface area contributed by atoms with Gasteiger partial charge in [-0.25, -0.2) is 0 Å². The van der Waals surface area contributed by atoms with Crippen LogP contribution < -0.4 is 0 Å². The van der Waals surface area contributed by atoms with E-state index in [9.17, 15) is 14.4 Å². The molecule has 0 amide bonds. The van der Waals surface area contributed by atoms with Crippen LogP contribution in [0.2, 0.25) is 0 Å². The average molecular weight is 1010 g/mol. The molecule has 0 fully saturated rings. The molecule has 0 rings (SSSR count). The van der Waals surface area contributed by atoms with Crippen molar-refractivity contribution < 1.29 is 28.6 Å². The first-order valence-corrected chi connectivity index (χ1v) is 30.0. The predicted molar refractivity (Wildman–Crippen MR) is 316 cm³/mol. The lowest BCUT2D eigenvalue weighted by molar-refractivity contribution is -0.166. The molecule has 0 saturated heterocycles. The number of hydrogen-bond donors (Lipinski definition) is 0. The van der Waals surface area contributed by atoms with Crippen molar-refractivity contribution in [1.82, 2.24) is 0 Å². The Labute approximate surface area is 450 Å². The van der Waals surface area contributed by atoms with Gasteiger partial charge in [0.2, 0.25) is 0 Å². The molecule has 414 valence electrons. The van der Waals surface area contributed by atoms with E-state index in [1.807, 2.05) is 12.2 Å². The number of ether oxygens (including phenoxy) is 3. The van der Waals surface area contributed by atoms with Crippen molar-refractivity contribution in [2.24, 2.45) is 0 Å². The zero-order valence-corrected chi connectivity index (χ0v) is 47.4. The molecule has 6 nitrogen and oxygen atoms in total. The fourth-order valence-corrected chi connectivity index (χ4v) is 8.05. The van der Waals surface area contributed by atoms with Gasteiger partial charge in [0.05, 0.1) is 0 Å². The van der Waals surface area contributed by atoms with Crippen molar-refractivity contribution in [3.05, 3.63) is 122 Å². The zero-order chi connectivity index (χ0) is 52.9. The minimum Gasteiger partial charge on any atom is -0.462 e. The molecular formula is C67H110O6. The molecule has 0 aromatic heterocycles. The van der Waals surface area contributed by atoms with Gasteiger partial charge in [0, 0.05) is 19.3 Å². The molecule has 1 unspecified atom stereocenters. The van der Waals surface area contributed by atoms with Crippen LogP contribution >= 0.6 is 0 Å². The van der Waals surface area contributed by atoms with Gasteiger partial charge in [-0.3, -0.25) is 14.4 Å². The first-order chi connectivity index (χ1) is 36.0. The first-order valence-electron chi connectivity index (χ1n) is 30.0.